The molecular formula is C9H11NO4. The van der Waals surface area contributed by atoms with E-state index in [2.05, 4.69) is 5.32 Å². The normalized spacial score (nSPS) is 55.0. The lowest BCUT2D eigenvalue weighted by Crippen LogP contribution is -2.43. The topological polar surface area (TPSA) is 86.6 Å². The molecule has 0 unspecified atom stereocenters. The molecule has 0 radical (unpaired) electrons. The van der Waals surface area contributed by atoms with Gasteiger partial charge < -0.3 is 10.2 Å². The lowest BCUT2D eigenvalue weighted by atomic mass is 9.78. The van der Waals surface area contributed by atoms with Crippen LogP contribution in [0.15, 0.2) is 0 Å². The van der Waals surface area contributed by atoms with Crippen LogP contribution in [0.1, 0.15) is 6.42 Å². The highest BCUT2D eigenvalue weighted by molar-refractivity contribution is 6.06. The smallest absolute Gasteiger partial charge is 0.230 e. The van der Waals surface area contributed by atoms with Crippen molar-refractivity contribution in [1.29, 1.82) is 0 Å². The zero-order chi connectivity index (χ0) is 10.0. The minimum atomic E-state index is -0.835. The third-order valence-corrected chi connectivity index (χ3v) is 3.93. The number of imide groups is 1. The van der Waals surface area contributed by atoms with Gasteiger partial charge in [0.1, 0.15) is 0 Å². The molecule has 1 aliphatic heterocycles. The largest absolute Gasteiger partial charge is 0.390 e. The minimum absolute atomic E-state index is 0.230. The molecule has 14 heavy (non-hydrogen) atoms. The van der Waals surface area contributed by atoms with E-state index in [1.54, 1.807) is 0 Å². The zero-order valence-corrected chi connectivity index (χ0v) is 7.38. The first-order valence-corrected chi connectivity index (χ1v) is 4.82. The molecule has 3 rings (SSSR count). The van der Waals surface area contributed by atoms with Crippen molar-refractivity contribution in [2.24, 2.45) is 23.7 Å². The fourth-order valence-electron chi connectivity index (χ4n) is 3.35. The number of hydrogen-bond donors (Lipinski definition) is 3. The number of aliphatic hydroxyl groups is 2. The Morgan fingerprint density at radius 3 is 1.86 bits per heavy atom. The molecule has 1 heterocycles. The molecule has 0 spiro atoms. The average Bonchev–Trinajstić information content (AvgIpc) is 2.71. The molecule has 1 saturated heterocycles. The average molecular weight is 197 g/mol. The van der Waals surface area contributed by atoms with Gasteiger partial charge in [-0.25, -0.2) is 0 Å². The number of nitrogens with one attached hydrogen (secondary N) is 1. The van der Waals surface area contributed by atoms with Crippen molar-refractivity contribution in [1.82, 2.24) is 5.32 Å². The lowest BCUT2D eigenvalue weighted by Gasteiger charge is -2.29. The first kappa shape index (κ1) is 8.38. The molecule has 3 N–H and O–H groups in total. The van der Waals surface area contributed by atoms with Crippen LogP contribution >= 0.6 is 0 Å². The van der Waals surface area contributed by atoms with Gasteiger partial charge in [-0.2, -0.15) is 0 Å². The Balaban J connectivity index is 2.01. The Morgan fingerprint density at radius 2 is 1.43 bits per heavy atom. The van der Waals surface area contributed by atoms with E-state index in [1.807, 2.05) is 0 Å². The van der Waals surface area contributed by atoms with Gasteiger partial charge in [0.2, 0.25) is 11.8 Å². The molecule has 5 heteroatoms. The Kier molecular flexibility index (Phi) is 1.41. The summed E-state index contributed by atoms with van der Waals surface area (Å²) in [6.07, 6.45) is -1.08. The summed E-state index contributed by atoms with van der Waals surface area (Å²) in [7, 11) is 0. The second kappa shape index (κ2) is 2.35. The summed E-state index contributed by atoms with van der Waals surface area (Å²) in [5.74, 6) is -1.81. The summed E-state index contributed by atoms with van der Waals surface area (Å²) < 4.78 is 0. The first-order valence-electron chi connectivity index (χ1n) is 4.82. The van der Waals surface area contributed by atoms with Crippen LogP contribution in [0.25, 0.3) is 0 Å². The highest BCUT2D eigenvalue weighted by Gasteiger charge is 2.64. The molecule has 2 aliphatic carbocycles. The van der Waals surface area contributed by atoms with Crippen LogP contribution in [0.3, 0.4) is 0 Å². The standard InChI is InChI=1S/C9H11NO4/c11-6-2-1-3(7(6)12)5-4(2)8(13)10-9(5)14/h2-7,11-12H,1H2,(H,10,13,14)/t2-,3-,4-,5-,6-,7+/m1/s1. The predicted octanol–water partition coefficient (Wildman–Crippen LogP) is -1.75. The molecule has 2 amide bonds. The van der Waals surface area contributed by atoms with Gasteiger partial charge in [0, 0.05) is 11.8 Å². The van der Waals surface area contributed by atoms with Gasteiger partial charge in [-0.1, -0.05) is 0 Å². The molecular weight excluding hydrogens is 186 g/mol. The quantitative estimate of drug-likeness (QED) is 0.402. The van der Waals surface area contributed by atoms with Crippen LogP contribution < -0.4 is 5.32 Å². The molecule has 0 aromatic carbocycles. The van der Waals surface area contributed by atoms with Crippen molar-refractivity contribution in [2.45, 2.75) is 18.6 Å². The maximum atomic E-state index is 11.4. The van der Waals surface area contributed by atoms with Crippen molar-refractivity contribution < 1.29 is 19.8 Å². The van der Waals surface area contributed by atoms with E-state index in [1.165, 1.54) is 0 Å². The maximum absolute atomic E-state index is 11.4. The van der Waals surface area contributed by atoms with Gasteiger partial charge in [0.15, 0.2) is 0 Å². The van der Waals surface area contributed by atoms with E-state index in [0.29, 0.717) is 6.42 Å². The van der Waals surface area contributed by atoms with E-state index in [4.69, 9.17) is 0 Å². The molecule has 2 saturated carbocycles. The van der Waals surface area contributed by atoms with Crippen molar-refractivity contribution in [3.8, 4) is 0 Å². The van der Waals surface area contributed by atoms with Gasteiger partial charge >= 0.3 is 0 Å². The number of carbonyl (C=O) groups excluding carboxylic acids is 2. The number of amides is 2. The van der Waals surface area contributed by atoms with Gasteiger partial charge in [0.25, 0.3) is 0 Å². The van der Waals surface area contributed by atoms with E-state index in [0.717, 1.165) is 0 Å². The highest BCUT2D eigenvalue weighted by atomic mass is 16.3. The fourth-order valence-corrected chi connectivity index (χ4v) is 3.35. The number of aliphatic hydroxyl groups excluding tert-OH is 2. The highest BCUT2D eigenvalue weighted by Crippen LogP contribution is 2.54. The first-order chi connectivity index (χ1) is 6.61. The molecule has 3 aliphatic rings. The number of rotatable bonds is 0. The molecule has 6 atom stereocenters. The Morgan fingerprint density at radius 1 is 1.00 bits per heavy atom. The summed E-state index contributed by atoms with van der Waals surface area (Å²) in [4.78, 5) is 22.8. The summed E-state index contributed by atoms with van der Waals surface area (Å²) in [5, 5.41) is 21.5. The van der Waals surface area contributed by atoms with Crippen molar-refractivity contribution >= 4 is 11.8 Å². The third-order valence-electron chi connectivity index (χ3n) is 3.93. The summed E-state index contributed by atoms with van der Waals surface area (Å²) >= 11 is 0. The van der Waals surface area contributed by atoms with Crippen LogP contribution in [-0.4, -0.2) is 34.2 Å². The number of fused-ring (bicyclic) bond motifs is 5. The van der Waals surface area contributed by atoms with E-state index in [-0.39, 0.29) is 23.7 Å². The Hall–Kier alpha value is -0.940. The summed E-state index contributed by atoms with van der Waals surface area (Å²) in [6, 6.07) is 0. The fraction of sp³-hybridized carbons (Fsp3) is 0.778. The molecule has 2 bridgehead atoms. The van der Waals surface area contributed by atoms with Gasteiger partial charge in [0.05, 0.1) is 24.0 Å². The van der Waals surface area contributed by atoms with E-state index in [9.17, 15) is 19.8 Å². The monoisotopic (exact) mass is 197 g/mol. The van der Waals surface area contributed by atoms with E-state index < -0.39 is 24.0 Å². The zero-order valence-electron chi connectivity index (χ0n) is 7.38. The molecule has 0 aromatic heterocycles. The van der Waals surface area contributed by atoms with Crippen LogP contribution in [0.2, 0.25) is 0 Å². The maximum Gasteiger partial charge on any atom is 0.230 e. The van der Waals surface area contributed by atoms with Crippen LogP contribution in [0.4, 0.5) is 0 Å². The Bertz CT molecular complexity index is 299. The Labute approximate surface area is 80.1 Å². The molecule has 3 fully saturated rings. The predicted molar refractivity (Wildman–Crippen MR) is 43.7 cm³/mol. The van der Waals surface area contributed by atoms with E-state index >= 15 is 0 Å². The van der Waals surface area contributed by atoms with Crippen LogP contribution in [0.5, 0.6) is 0 Å². The molecule has 76 valence electrons. The second-order valence-electron chi connectivity index (χ2n) is 4.45. The summed E-state index contributed by atoms with van der Waals surface area (Å²) in [5.41, 5.74) is 0. The second-order valence-corrected chi connectivity index (χ2v) is 4.45. The SMILES string of the molecule is O=C1NC(=O)[C@@H]2[C@H]3C[C@@H]([C@H](O)[C@@H]3O)[C@@H]12. The number of hydrogen-bond acceptors (Lipinski definition) is 4. The van der Waals surface area contributed by atoms with Gasteiger partial charge in [-0.3, -0.25) is 14.9 Å². The van der Waals surface area contributed by atoms with Crippen LogP contribution in [-0.2, 0) is 9.59 Å². The van der Waals surface area contributed by atoms with Crippen molar-refractivity contribution in [2.75, 3.05) is 0 Å². The molecule has 0 aromatic rings. The number of carbonyl (C=O) groups is 2. The molecule has 5 nitrogen and oxygen atoms in total. The van der Waals surface area contributed by atoms with Crippen molar-refractivity contribution in [3.05, 3.63) is 0 Å². The minimum Gasteiger partial charge on any atom is -0.390 e. The third kappa shape index (κ3) is 0.734. The van der Waals surface area contributed by atoms with Crippen LogP contribution in [0, 0.1) is 23.7 Å². The van der Waals surface area contributed by atoms with Crippen molar-refractivity contribution in [3.63, 3.8) is 0 Å². The van der Waals surface area contributed by atoms with Gasteiger partial charge in [-0.05, 0) is 6.42 Å². The van der Waals surface area contributed by atoms with Gasteiger partial charge in [-0.15, -0.1) is 0 Å². The lowest BCUT2D eigenvalue weighted by molar-refractivity contribution is -0.129. The summed E-state index contributed by atoms with van der Waals surface area (Å²) in [6.45, 7) is 0.